The first kappa shape index (κ1) is 13.9. The molecule has 4 saturated carbocycles. The summed E-state index contributed by atoms with van der Waals surface area (Å²) in [5.41, 5.74) is -0.00269. The van der Waals surface area contributed by atoms with Crippen LogP contribution in [0.3, 0.4) is 0 Å². The van der Waals surface area contributed by atoms with E-state index in [-0.39, 0.29) is 17.9 Å². The summed E-state index contributed by atoms with van der Waals surface area (Å²) in [6.45, 7) is 2.28. The standard InChI is InChI=1S/C16H25NO3/c1-2-14(18)17(4-3-15(19)20)16-8-11-5-12(9-16)7-13(6-11)10-16/h11-13H,2-10H2,1H3,(H,19,20). The van der Waals surface area contributed by atoms with Crippen molar-refractivity contribution >= 4 is 11.9 Å². The Kier molecular flexibility index (Phi) is 3.51. The normalized spacial score (nSPS) is 38.0. The number of rotatable bonds is 5. The second-order valence-corrected chi connectivity index (χ2v) is 7.18. The minimum Gasteiger partial charge on any atom is -0.481 e. The van der Waals surface area contributed by atoms with Gasteiger partial charge < -0.3 is 10.0 Å². The van der Waals surface area contributed by atoms with E-state index < -0.39 is 5.97 Å². The van der Waals surface area contributed by atoms with Crippen molar-refractivity contribution in [1.29, 1.82) is 0 Å². The Hall–Kier alpha value is -1.06. The number of hydrogen-bond acceptors (Lipinski definition) is 2. The van der Waals surface area contributed by atoms with Gasteiger partial charge in [0, 0.05) is 18.5 Å². The lowest BCUT2D eigenvalue weighted by Crippen LogP contribution is -2.61. The van der Waals surface area contributed by atoms with Crippen LogP contribution in [0, 0.1) is 17.8 Å². The number of carboxylic acids is 1. The molecule has 0 aromatic rings. The zero-order chi connectivity index (χ0) is 14.3. The van der Waals surface area contributed by atoms with Crippen LogP contribution in [0.25, 0.3) is 0 Å². The molecule has 112 valence electrons. The molecule has 0 aliphatic heterocycles. The fourth-order valence-corrected chi connectivity index (χ4v) is 5.42. The van der Waals surface area contributed by atoms with E-state index in [2.05, 4.69) is 0 Å². The molecule has 0 radical (unpaired) electrons. The third-order valence-electron chi connectivity index (χ3n) is 5.73. The lowest BCUT2D eigenvalue weighted by molar-refractivity contribution is -0.152. The summed E-state index contributed by atoms with van der Waals surface area (Å²) in [7, 11) is 0. The highest BCUT2D eigenvalue weighted by atomic mass is 16.4. The number of carbonyl (C=O) groups excluding carboxylic acids is 1. The van der Waals surface area contributed by atoms with E-state index in [0.29, 0.717) is 13.0 Å². The van der Waals surface area contributed by atoms with Crippen molar-refractivity contribution in [2.75, 3.05) is 6.54 Å². The van der Waals surface area contributed by atoms with E-state index in [1.807, 2.05) is 11.8 Å². The minimum atomic E-state index is -0.802. The Balaban J connectivity index is 1.82. The van der Waals surface area contributed by atoms with E-state index in [9.17, 15) is 9.59 Å². The molecule has 4 nitrogen and oxygen atoms in total. The molecule has 0 aromatic heterocycles. The molecule has 0 heterocycles. The van der Waals surface area contributed by atoms with Crippen molar-refractivity contribution < 1.29 is 14.7 Å². The number of carboxylic acid groups (broad SMARTS) is 1. The first-order valence-corrected chi connectivity index (χ1v) is 8.04. The molecule has 0 aromatic carbocycles. The van der Waals surface area contributed by atoms with Crippen molar-refractivity contribution in [3.05, 3.63) is 0 Å². The second kappa shape index (κ2) is 5.05. The minimum absolute atomic E-state index is 0.00269. The van der Waals surface area contributed by atoms with E-state index in [4.69, 9.17) is 5.11 Å². The number of hydrogen-bond donors (Lipinski definition) is 1. The SMILES string of the molecule is CCC(=O)N(CCC(=O)O)C12CC3CC(CC(C3)C1)C2. The topological polar surface area (TPSA) is 57.6 Å². The van der Waals surface area contributed by atoms with Gasteiger partial charge in [-0.15, -0.1) is 0 Å². The Labute approximate surface area is 120 Å². The van der Waals surface area contributed by atoms with Gasteiger partial charge in [0.1, 0.15) is 0 Å². The predicted molar refractivity (Wildman–Crippen MR) is 75.2 cm³/mol. The summed E-state index contributed by atoms with van der Waals surface area (Å²) >= 11 is 0. The quantitative estimate of drug-likeness (QED) is 0.841. The van der Waals surface area contributed by atoms with E-state index >= 15 is 0 Å². The maximum absolute atomic E-state index is 12.4. The summed E-state index contributed by atoms with van der Waals surface area (Å²) in [4.78, 5) is 25.2. The van der Waals surface area contributed by atoms with Crippen LogP contribution in [0.4, 0.5) is 0 Å². The van der Waals surface area contributed by atoms with Gasteiger partial charge in [-0.1, -0.05) is 6.92 Å². The van der Waals surface area contributed by atoms with E-state index in [0.717, 1.165) is 37.0 Å². The lowest BCUT2D eigenvalue weighted by atomic mass is 9.52. The van der Waals surface area contributed by atoms with Gasteiger partial charge in [0.2, 0.25) is 5.91 Å². The Morgan fingerprint density at radius 3 is 2.00 bits per heavy atom. The summed E-state index contributed by atoms with van der Waals surface area (Å²) in [5.74, 6) is 1.67. The Morgan fingerprint density at radius 1 is 1.10 bits per heavy atom. The zero-order valence-corrected chi connectivity index (χ0v) is 12.3. The van der Waals surface area contributed by atoms with Crippen molar-refractivity contribution in [1.82, 2.24) is 4.90 Å². The van der Waals surface area contributed by atoms with Gasteiger partial charge in [0.05, 0.1) is 6.42 Å². The summed E-state index contributed by atoms with van der Waals surface area (Å²) in [5, 5.41) is 8.96. The fourth-order valence-electron chi connectivity index (χ4n) is 5.42. The summed E-state index contributed by atoms with van der Waals surface area (Å²) in [6.07, 6.45) is 7.93. The van der Waals surface area contributed by atoms with E-state index in [1.165, 1.54) is 19.3 Å². The smallest absolute Gasteiger partial charge is 0.305 e. The molecular weight excluding hydrogens is 254 g/mol. The second-order valence-electron chi connectivity index (χ2n) is 7.18. The van der Waals surface area contributed by atoms with Gasteiger partial charge in [-0.3, -0.25) is 9.59 Å². The molecular formula is C16H25NO3. The van der Waals surface area contributed by atoms with E-state index in [1.54, 1.807) is 0 Å². The summed E-state index contributed by atoms with van der Waals surface area (Å²) < 4.78 is 0. The third-order valence-corrected chi connectivity index (χ3v) is 5.73. The molecule has 1 amide bonds. The fraction of sp³-hybridized carbons (Fsp3) is 0.875. The molecule has 0 unspecified atom stereocenters. The third kappa shape index (κ3) is 2.33. The predicted octanol–water partition coefficient (Wildman–Crippen LogP) is 2.67. The zero-order valence-electron chi connectivity index (χ0n) is 12.3. The van der Waals surface area contributed by atoms with Crippen LogP contribution in [-0.2, 0) is 9.59 Å². The summed E-state index contributed by atoms with van der Waals surface area (Å²) in [6, 6.07) is 0. The number of nitrogens with zero attached hydrogens (tertiary/aromatic N) is 1. The van der Waals surface area contributed by atoms with Crippen LogP contribution in [-0.4, -0.2) is 34.0 Å². The monoisotopic (exact) mass is 279 g/mol. The van der Waals surface area contributed by atoms with Crippen LogP contribution in [0.1, 0.15) is 58.3 Å². The van der Waals surface area contributed by atoms with Gasteiger partial charge in [-0.05, 0) is 56.3 Å². The van der Waals surface area contributed by atoms with Crippen molar-refractivity contribution in [2.45, 2.75) is 63.8 Å². The average Bonchev–Trinajstić information content (AvgIpc) is 2.36. The highest BCUT2D eigenvalue weighted by Gasteiger charge is 2.54. The largest absolute Gasteiger partial charge is 0.481 e. The molecule has 0 atom stereocenters. The van der Waals surface area contributed by atoms with Crippen LogP contribution < -0.4 is 0 Å². The van der Waals surface area contributed by atoms with Crippen LogP contribution >= 0.6 is 0 Å². The molecule has 0 saturated heterocycles. The van der Waals surface area contributed by atoms with Crippen LogP contribution in [0.2, 0.25) is 0 Å². The number of aliphatic carboxylic acids is 1. The molecule has 4 aliphatic rings. The van der Waals surface area contributed by atoms with Crippen molar-refractivity contribution in [3.8, 4) is 0 Å². The van der Waals surface area contributed by atoms with Gasteiger partial charge in [-0.2, -0.15) is 0 Å². The van der Waals surface area contributed by atoms with Gasteiger partial charge >= 0.3 is 5.97 Å². The Bertz CT molecular complexity index is 383. The molecule has 0 spiro atoms. The number of amides is 1. The van der Waals surface area contributed by atoms with Crippen LogP contribution in [0.15, 0.2) is 0 Å². The maximum Gasteiger partial charge on any atom is 0.305 e. The highest BCUT2D eigenvalue weighted by molar-refractivity contribution is 5.77. The van der Waals surface area contributed by atoms with Gasteiger partial charge in [-0.25, -0.2) is 0 Å². The molecule has 4 heteroatoms. The van der Waals surface area contributed by atoms with Crippen molar-refractivity contribution in [2.24, 2.45) is 17.8 Å². The van der Waals surface area contributed by atoms with Gasteiger partial charge in [0.25, 0.3) is 0 Å². The van der Waals surface area contributed by atoms with Crippen molar-refractivity contribution in [3.63, 3.8) is 0 Å². The average molecular weight is 279 g/mol. The highest BCUT2D eigenvalue weighted by Crippen LogP contribution is 2.57. The van der Waals surface area contributed by atoms with Gasteiger partial charge in [0.15, 0.2) is 0 Å². The Morgan fingerprint density at radius 2 is 1.60 bits per heavy atom. The first-order valence-electron chi connectivity index (χ1n) is 8.04. The number of carbonyl (C=O) groups is 2. The molecule has 4 aliphatic carbocycles. The molecule has 4 fully saturated rings. The lowest BCUT2D eigenvalue weighted by Gasteiger charge is -2.60. The molecule has 1 N–H and O–H groups in total. The van der Waals surface area contributed by atoms with Crippen LogP contribution in [0.5, 0.6) is 0 Å². The molecule has 4 rings (SSSR count). The first-order chi connectivity index (χ1) is 9.52. The molecule has 20 heavy (non-hydrogen) atoms. The molecule has 4 bridgehead atoms. The maximum atomic E-state index is 12.4.